The number of carboxylic acid groups (broad SMARTS) is 1. The molecule has 1 aliphatic heterocycles. The Hall–Kier alpha value is -3.22. The lowest BCUT2D eigenvalue weighted by Gasteiger charge is -2.21. The van der Waals surface area contributed by atoms with Gasteiger partial charge in [-0.25, -0.2) is 0 Å². The van der Waals surface area contributed by atoms with E-state index in [1.165, 1.54) is 7.11 Å². The summed E-state index contributed by atoms with van der Waals surface area (Å²) < 4.78 is 16.3. The Morgan fingerprint density at radius 2 is 1.93 bits per heavy atom. The second kappa shape index (κ2) is 8.44. The van der Waals surface area contributed by atoms with Crippen LogP contribution in [0.15, 0.2) is 42.5 Å². The molecule has 0 saturated heterocycles. The first-order valence-electron chi connectivity index (χ1n) is 8.61. The second-order valence-electron chi connectivity index (χ2n) is 6.09. The highest BCUT2D eigenvalue weighted by Gasteiger charge is 2.24. The lowest BCUT2D eigenvalue weighted by Crippen LogP contribution is -2.34. The number of methoxy groups -OCH3 is 1. The second-order valence-corrected chi connectivity index (χ2v) is 6.09. The van der Waals surface area contributed by atoms with Crippen LogP contribution in [0.5, 0.6) is 17.2 Å². The van der Waals surface area contributed by atoms with Crippen molar-refractivity contribution in [3.8, 4) is 17.2 Å². The fourth-order valence-corrected chi connectivity index (χ4v) is 2.95. The monoisotopic (exact) mass is 371 g/mol. The minimum atomic E-state index is -0.990. The highest BCUT2D eigenvalue weighted by atomic mass is 16.6. The van der Waals surface area contributed by atoms with Crippen molar-refractivity contribution in [3.05, 3.63) is 53.6 Å². The molecule has 1 aliphatic rings. The van der Waals surface area contributed by atoms with Gasteiger partial charge in [0.05, 0.1) is 18.6 Å². The fraction of sp³-hybridized carbons (Fsp3) is 0.300. The van der Waals surface area contributed by atoms with Crippen molar-refractivity contribution >= 4 is 11.9 Å². The van der Waals surface area contributed by atoms with Crippen molar-refractivity contribution < 1.29 is 28.9 Å². The van der Waals surface area contributed by atoms with E-state index in [2.05, 4.69) is 5.32 Å². The van der Waals surface area contributed by atoms with E-state index in [9.17, 15) is 14.7 Å². The van der Waals surface area contributed by atoms with Crippen LogP contribution in [0.3, 0.4) is 0 Å². The Labute approximate surface area is 156 Å². The van der Waals surface area contributed by atoms with Gasteiger partial charge in [-0.2, -0.15) is 0 Å². The van der Waals surface area contributed by atoms with Crippen LogP contribution in [0.2, 0.25) is 0 Å². The molecule has 3 rings (SSSR count). The third-order valence-corrected chi connectivity index (χ3v) is 4.33. The highest BCUT2D eigenvalue weighted by Crippen LogP contribution is 2.33. The molecule has 7 nitrogen and oxygen atoms in total. The standard InChI is InChI=1S/C20H21NO6/c1-25-16-7-3-2-5-13(16)11-14(20(23)24)12-21-19(22)15-6-4-8-17-18(15)27-10-9-26-17/h2-8,14H,9-12H2,1H3,(H,21,22)(H,23,24). The quantitative estimate of drug-likeness (QED) is 0.774. The Balaban J connectivity index is 1.70. The van der Waals surface area contributed by atoms with Crippen molar-refractivity contribution in [3.63, 3.8) is 0 Å². The molecule has 0 spiro atoms. The van der Waals surface area contributed by atoms with Gasteiger partial charge in [0.25, 0.3) is 5.91 Å². The van der Waals surface area contributed by atoms with Gasteiger partial charge in [-0.05, 0) is 30.2 Å². The maximum absolute atomic E-state index is 12.6. The van der Waals surface area contributed by atoms with Crippen LogP contribution in [-0.4, -0.2) is 43.9 Å². The highest BCUT2D eigenvalue weighted by molar-refractivity contribution is 5.98. The number of amides is 1. The minimum Gasteiger partial charge on any atom is -0.496 e. The maximum atomic E-state index is 12.6. The molecule has 7 heteroatoms. The van der Waals surface area contributed by atoms with Gasteiger partial charge in [0.1, 0.15) is 19.0 Å². The van der Waals surface area contributed by atoms with Crippen LogP contribution < -0.4 is 19.5 Å². The molecule has 2 aromatic rings. The molecule has 2 N–H and O–H groups in total. The summed E-state index contributed by atoms with van der Waals surface area (Å²) >= 11 is 0. The molecule has 142 valence electrons. The number of carboxylic acids is 1. The lowest BCUT2D eigenvalue weighted by atomic mass is 9.98. The zero-order valence-corrected chi connectivity index (χ0v) is 14.9. The van der Waals surface area contributed by atoms with Crippen molar-refractivity contribution in [1.29, 1.82) is 0 Å². The summed E-state index contributed by atoms with van der Waals surface area (Å²) in [7, 11) is 1.54. The first-order chi connectivity index (χ1) is 13.1. The molecule has 2 aromatic carbocycles. The van der Waals surface area contributed by atoms with E-state index >= 15 is 0 Å². The van der Waals surface area contributed by atoms with Crippen molar-refractivity contribution in [2.24, 2.45) is 5.92 Å². The van der Waals surface area contributed by atoms with E-state index in [0.717, 1.165) is 5.56 Å². The van der Waals surface area contributed by atoms with E-state index in [1.54, 1.807) is 24.3 Å². The average molecular weight is 371 g/mol. The molecule has 0 aliphatic carbocycles. The summed E-state index contributed by atoms with van der Waals surface area (Å²) in [6.45, 7) is 0.775. The Morgan fingerprint density at radius 3 is 2.70 bits per heavy atom. The van der Waals surface area contributed by atoms with Gasteiger partial charge in [0, 0.05) is 6.54 Å². The molecule has 0 bridgehead atoms. The number of nitrogens with one attached hydrogen (secondary N) is 1. The van der Waals surface area contributed by atoms with E-state index in [-0.39, 0.29) is 13.0 Å². The first kappa shape index (κ1) is 18.6. The Bertz CT molecular complexity index is 835. The molecule has 1 unspecified atom stereocenters. The number of para-hydroxylation sites is 2. The van der Waals surface area contributed by atoms with Crippen LogP contribution in [0.1, 0.15) is 15.9 Å². The zero-order chi connectivity index (χ0) is 19.2. The summed E-state index contributed by atoms with van der Waals surface area (Å²) in [6, 6.07) is 12.3. The number of fused-ring (bicyclic) bond motifs is 1. The van der Waals surface area contributed by atoms with Gasteiger partial charge >= 0.3 is 5.97 Å². The van der Waals surface area contributed by atoms with E-state index in [4.69, 9.17) is 14.2 Å². The molecule has 27 heavy (non-hydrogen) atoms. The Kier molecular flexibility index (Phi) is 5.80. The predicted octanol–water partition coefficient (Wildman–Crippen LogP) is 2.14. The third kappa shape index (κ3) is 4.31. The first-order valence-corrected chi connectivity index (χ1v) is 8.61. The van der Waals surface area contributed by atoms with Crippen molar-refractivity contribution in [1.82, 2.24) is 5.32 Å². The van der Waals surface area contributed by atoms with Crippen LogP contribution in [0, 0.1) is 5.92 Å². The summed E-state index contributed by atoms with van der Waals surface area (Å²) in [6.07, 6.45) is 0.242. The molecule has 1 amide bonds. The molecule has 1 heterocycles. The average Bonchev–Trinajstić information content (AvgIpc) is 2.70. The van der Waals surface area contributed by atoms with E-state index in [1.807, 2.05) is 18.2 Å². The fourth-order valence-electron chi connectivity index (χ4n) is 2.95. The summed E-state index contributed by atoms with van der Waals surface area (Å²) in [4.78, 5) is 24.2. The number of carbonyl (C=O) groups is 2. The Morgan fingerprint density at radius 1 is 1.15 bits per heavy atom. The molecule has 0 fully saturated rings. The minimum absolute atomic E-state index is 0.0171. The predicted molar refractivity (Wildman–Crippen MR) is 97.6 cm³/mol. The van der Waals surface area contributed by atoms with Crippen LogP contribution in [-0.2, 0) is 11.2 Å². The number of rotatable bonds is 7. The van der Waals surface area contributed by atoms with Crippen LogP contribution in [0.25, 0.3) is 0 Å². The van der Waals surface area contributed by atoms with Gasteiger partial charge in [-0.3, -0.25) is 9.59 Å². The van der Waals surface area contributed by atoms with Crippen LogP contribution >= 0.6 is 0 Å². The molecule has 0 aromatic heterocycles. The molecule has 0 saturated carbocycles. The zero-order valence-electron chi connectivity index (χ0n) is 14.9. The van der Waals surface area contributed by atoms with Gasteiger partial charge in [-0.1, -0.05) is 24.3 Å². The van der Waals surface area contributed by atoms with Crippen LogP contribution in [0.4, 0.5) is 0 Å². The summed E-state index contributed by atoms with van der Waals surface area (Å²) in [5.74, 6) is -0.658. The van der Waals surface area contributed by atoms with Crippen molar-refractivity contribution in [2.45, 2.75) is 6.42 Å². The number of benzene rings is 2. The third-order valence-electron chi connectivity index (χ3n) is 4.33. The largest absolute Gasteiger partial charge is 0.496 e. The van der Waals surface area contributed by atoms with Gasteiger partial charge < -0.3 is 24.6 Å². The number of hydrogen-bond acceptors (Lipinski definition) is 5. The van der Waals surface area contributed by atoms with Crippen molar-refractivity contribution in [2.75, 3.05) is 26.9 Å². The van der Waals surface area contributed by atoms with Gasteiger partial charge in [0.2, 0.25) is 0 Å². The van der Waals surface area contributed by atoms with Gasteiger partial charge in [-0.15, -0.1) is 0 Å². The summed E-state index contributed by atoms with van der Waals surface area (Å²) in [5.41, 5.74) is 1.10. The number of hydrogen-bond donors (Lipinski definition) is 2. The molecular weight excluding hydrogens is 350 g/mol. The maximum Gasteiger partial charge on any atom is 0.308 e. The number of aliphatic carboxylic acids is 1. The van der Waals surface area contributed by atoms with E-state index in [0.29, 0.717) is 36.0 Å². The normalized spacial score (nSPS) is 13.5. The topological polar surface area (TPSA) is 94.1 Å². The van der Waals surface area contributed by atoms with Gasteiger partial charge in [0.15, 0.2) is 11.5 Å². The molecular formula is C20H21NO6. The number of carbonyl (C=O) groups excluding carboxylic acids is 1. The smallest absolute Gasteiger partial charge is 0.308 e. The number of ether oxygens (including phenoxy) is 3. The molecule has 0 radical (unpaired) electrons. The van der Waals surface area contributed by atoms with E-state index < -0.39 is 17.8 Å². The SMILES string of the molecule is COc1ccccc1CC(CNC(=O)c1cccc2c1OCCO2)C(=O)O. The molecule has 1 atom stereocenters. The summed E-state index contributed by atoms with van der Waals surface area (Å²) in [5, 5.41) is 12.2. The lowest BCUT2D eigenvalue weighted by molar-refractivity contribution is -0.141.